The Hall–Kier alpha value is -3.30. The minimum atomic E-state index is -0.585. The number of amides is 2. The number of rotatable bonds is 4. The van der Waals surface area contributed by atoms with E-state index in [0.717, 1.165) is 0 Å². The summed E-state index contributed by atoms with van der Waals surface area (Å²) >= 11 is 0. The molecule has 0 saturated carbocycles. The second-order valence-electron chi connectivity index (χ2n) is 5.46. The van der Waals surface area contributed by atoms with Crippen molar-refractivity contribution in [2.45, 2.75) is 19.9 Å². The number of benzene rings is 1. The van der Waals surface area contributed by atoms with Crippen molar-refractivity contribution in [3.05, 3.63) is 40.2 Å². The molecule has 2 heterocycles. The first-order valence-electron chi connectivity index (χ1n) is 7.17. The summed E-state index contributed by atoms with van der Waals surface area (Å²) in [6.45, 7) is 1.98. The Kier molecular flexibility index (Phi) is 3.94. The second kappa shape index (κ2) is 6.07. The Morgan fingerprint density at radius 2 is 2.33 bits per heavy atom. The van der Waals surface area contributed by atoms with Gasteiger partial charge in [-0.3, -0.25) is 25.0 Å². The standard InChI is InChI=1S/C14H14N6O4/c1-8-2-3-10(20(23)24)5-11(8)17-12(21)4-9-6-19-14(15-7-16-19)18-13(9)22/h2-3,5,7,9H,4,6H2,1H3,(H,17,21)(H,15,16,18,22)/t9-/m1/s1. The molecule has 0 saturated heterocycles. The summed E-state index contributed by atoms with van der Waals surface area (Å²) in [5, 5.41) is 20.0. The zero-order valence-corrected chi connectivity index (χ0v) is 12.7. The van der Waals surface area contributed by atoms with Crippen LogP contribution in [-0.4, -0.2) is 31.5 Å². The third-order valence-electron chi connectivity index (χ3n) is 3.75. The van der Waals surface area contributed by atoms with Gasteiger partial charge in [-0.1, -0.05) is 6.07 Å². The number of anilines is 2. The lowest BCUT2D eigenvalue weighted by atomic mass is 10.0. The third kappa shape index (κ3) is 3.07. The maximum Gasteiger partial charge on any atom is 0.271 e. The van der Waals surface area contributed by atoms with Crippen LogP contribution < -0.4 is 10.6 Å². The van der Waals surface area contributed by atoms with Crippen LogP contribution in [0.15, 0.2) is 24.5 Å². The van der Waals surface area contributed by atoms with Crippen molar-refractivity contribution < 1.29 is 14.5 Å². The molecule has 2 N–H and O–H groups in total. The number of aryl methyl sites for hydroxylation is 1. The number of nitro groups is 1. The van der Waals surface area contributed by atoms with Gasteiger partial charge in [-0.15, -0.1) is 0 Å². The third-order valence-corrected chi connectivity index (χ3v) is 3.75. The molecule has 2 amide bonds. The fourth-order valence-corrected chi connectivity index (χ4v) is 2.44. The van der Waals surface area contributed by atoms with Crippen LogP contribution in [0.1, 0.15) is 12.0 Å². The maximum absolute atomic E-state index is 12.2. The van der Waals surface area contributed by atoms with Gasteiger partial charge in [-0.25, -0.2) is 4.68 Å². The average molecular weight is 330 g/mol. The molecular formula is C14H14N6O4. The van der Waals surface area contributed by atoms with Gasteiger partial charge in [0.1, 0.15) is 6.33 Å². The summed E-state index contributed by atoms with van der Waals surface area (Å²) in [7, 11) is 0. The van der Waals surface area contributed by atoms with E-state index in [1.54, 1.807) is 13.0 Å². The van der Waals surface area contributed by atoms with Crippen molar-refractivity contribution in [1.29, 1.82) is 0 Å². The van der Waals surface area contributed by atoms with E-state index in [-0.39, 0.29) is 24.6 Å². The maximum atomic E-state index is 12.2. The van der Waals surface area contributed by atoms with Crippen molar-refractivity contribution in [1.82, 2.24) is 14.8 Å². The molecule has 0 radical (unpaired) electrons. The molecule has 3 rings (SSSR count). The van der Waals surface area contributed by atoms with Gasteiger partial charge in [0.05, 0.1) is 23.1 Å². The summed E-state index contributed by atoms with van der Waals surface area (Å²) in [6, 6.07) is 4.22. The summed E-state index contributed by atoms with van der Waals surface area (Å²) < 4.78 is 1.51. The first-order chi connectivity index (χ1) is 11.4. The van der Waals surface area contributed by atoms with Crippen molar-refractivity contribution in [2.75, 3.05) is 10.6 Å². The number of carbonyl (C=O) groups is 2. The van der Waals surface area contributed by atoms with Crippen molar-refractivity contribution in [2.24, 2.45) is 5.92 Å². The Labute approximate surface area is 136 Å². The smallest absolute Gasteiger partial charge is 0.271 e. The molecule has 0 fully saturated rings. The van der Waals surface area contributed by atoms with Crippen molar-refractivity contribution in [3.63, 3.8) is 0 Å². The molecule has 24 heavy (non-hydrogen) atoms. The number of nitrogens with one attached hydrogen (secondary N) is 2. The minimum Gasteiger partial charge on any atom is -0.326 e. The minimum absolute atomic E-state index is 0.0622. The fraction of sp³-hybridized carbons (Fsp3) is 0.286. The van der Waals surface area contributed by atoms with Gasteiger partial charge in [-0.05, 0) is 12.5 Å². The van der Waals surface area contributed by atoms with Crippen LogP contribution in [0.2, 0.25) is 0 Å². The van der Waals surface area contributed by atoms with E-state index in [0.29, 0.717) is 17.2 Å². The molecule has 10 nitrogen and oxygen atoms in total. The Bertz CT molecular complexity index is 830. The van der Waals surface area contributed by atoms with Crippen LogP contribution in [0.3, 0.4) is 0 Å². The van der Waals surface area contributed by atoms with E-state index < -0.39 is 16.7 Å². The molecule has 1 aliphatic heterocycles. The highest BCUT2D eigenvalue weighted by atomic mass is 16.6. The van der Waals surface area contributed by atoms with E-state index in [2.05, 4.69) is 20.7 Å². The average Bonchev–Trinajstić information content (AvgIpc) is 2.96. The Balaban J connectivity index is 1.69. The van der Waals surface area contributed by atoms with Gasteiger partial charge in [-0.2, -0.15) is 10.1 Å². The SMILES string of the molecule is Cc1ccc([N+](=O)[O-])cc1NC(=O)C[C@@H]1Cn2ncnc2NC1=O. The van der Waals surface area contributed by atoms with E-state index in [1.807, 2.05) is 0 Å². The molecule has 10 heteroatoms. The van der Waals surface area contributed by atoms with Gasteiger partial charge in [0.2, 0.25) is 17.8 Å². The van der Waals surface area contributed by atoms with E-state index in [1.165, 1.54) is 23.1 Å². The number of hydrogen-bond acceptors (Lipinski definition) is 6. The molecular weight excluding hydrogens is 316 g/mol. The molecule has 0 unspecified atom stereocenters. The first-order valence-corrected chi connectivity index (χ1v) is 7.17. The molecule has 1 atom stereocenters. The number of hydrogen-bond donors (Lipinski definition) is 2. The van der Waals surface area contributed by atoms with E-state index in [4.69, 9.17) is 0 Å². The zero-order chi connectivity index (χ0) is 17.3. The monoisotopic (exact) mass is 330 g/mol. The normalized spacial score (nSPS) is 16.2. The molecule has 0 bridgehead atoms. The van der Waals surface area contributed by atoms with E-state index in [9.17, 15) is 19.7 Å². The molecule has 124 valence electrons. The quantitative estimate of drug-likeness (QED) is 0.637. The molecule has 0 spiro atoms. The highest BCUT2D eigenvalue weighted by Crippen LogP contribution is 2.23. The second-order valence-corrected chi connectivity index (χ2v) is 5.46. The molecule has 2 aromatic rings. The summed E-state index contributed by atoms with van der Waals surface area (Å²) in [4.78, 5) is 38.4. The van der Waals surface area contributed by atoms with Crippen molar-refractivity contribution in [3.8, 4) is 0 Å². The van der Waals surface area contributed by atoms with Crippen LogP contribution in [0.25, 0.3) is 0 Å². The summed E-state index contributed by atoms with van der Waals surface area (Å²) in [5.41, 5.74) is 0.936. The van der Waals surface area contributed by atoms with Crippen LogP contribution in [0, 0.1) is 23.0 Å². The number of aromatic nitrogens is 3. The number of fused-ring (bicyclic) bond motifs is 1. The predicted octanol–water partition coefficient (Wildman–Crippen LogP) is 1.09. The lowest BCUT2D eigenvalue weighted by Crippen LogP contribution is -2.36. The molecule has 1 aromatic heterocycles. The Morgan fingerprint density at radius 3 is 3.08 bits per heavy atom. The Morgan fingerprint density at radius 1 is 1.54 bits per heavy atom. The lowest BCUT2D eigenvalue weighted by Gasteiger charge is -2.21. The largest absolute Gasteiger partial charge is 0.326 e. The highest BCUT2D eigenvalue weighted by molar-refractivity contribution is 5.98. The zero-order valence-electron chi connectivity index (χ0n) is 12.7. The fourth-order valence-electron chi connectivity index (χ4n) is 2.44. The predicted molar refractivity (Wildman–Crippen MR) is 83.2 cm³/mol. The molecule has 0 aliphatic carbocycles. The van der Waals surface area contributed by atoms with Crippen molar-refractivity contribution >= 4 is 29.1 Å². The summed E-state index contributed by atoms with van der Waals surface area (Å²) in [6.07, 6.45) is 1.26. The molecule has 1 aliphatic rings. The van der Waals surface area contributed by atoms with Gasteiger partial charge in [0.15, 0.2) is 0 Å². The number of nitrogens with zero attached hydrogens (tertiary/aromatic N) is 4. The summed E-state index contributed by atoms with van der Waals surface area (Å²) in [5.74, 6) is -0.937. The topological polar surface area (TPSA) is 132 Å². The van der Waals surface area contributed by atoms with Gasteiger partial charge >= 0.3 is 0 Å². The first kappa shape index (κ1) is 15.6. The highest BCUT2D eigenvalue weighted by Gasteiger charge is 2.29. The van der Waals surface area contributed by atoms with Gasteiger partial charge < -0.3 is 5.32 Å². The van der Waals surface area contributed by atoms with Gasteiger partial charge in [0, 0.05) is 18.6 Å². The van der Waals surface area contributed by atoms with E-state index >= 15 is 0 Å². The number of carbonyl (C=O) groups excluding carboxylic acids is 2. The number of non-ortho nitro benzene ring substituents is 1. The van der Waals surface area contributed by atoms with Gasteiger partial charge in [0.25, 0.3) is 5.69 Å². The molecule has 1 aromatic carbocycles. The number of nitro benzene ring substituents is 1. The van der Waals surface area contributed by atoms with Crippen LogP contribution >= 0.6 is 0 Å². The lowest BCUT2D eigenvalue weighted by molar-refractivity contribution is -0.384. The van der Waals surface area contributed by atoms with Crippen LogP contribution in [0.4, 0.5) is 17.3 Å². The van der Waals surface area contributed by atoms with Crippen LogP contribution in [-0.2, 0) is 16.1 Å². The van der Waals surface area contributed by atoms with Crippen LogP contribution in [0.5, 0.6) is 0 Å².